The highest BCUT2D eigenvalue weighted by atomic mass is 16.6. The first-order valence-corrected chi connectivity index (χ1v) is 5.14. The van der Waals surface area contributed by atoms with E-state index in [1.807, 2.05) is 0 Å². The number of carbonyl (C=O) groups excluding carboxylic acids is 1. The van der Waals surface area contributed by atoms with Crippen LogP contribution in [0.25, 0.3) is 0 Å². The molecule has 0 spiro atoms. The van der Waals surface area contributed by atoms with Crippen molar-refractivity contribution in [2.45, 2.75) is 20.0 Å². The summed E-state index contributed by atoms with van der Waals surface area (Å²) >= 11 is 0. The molecule has 0 aliphatic carbocycles. The third-order valence-corrected chi connectivity index (χ3v) is 2.20. The highest BCUT2D eigenvalue weighted by Gasteiger charge is 2.12. The molecule has 6 nitrogen and oxygen atoms in total. The highest BCUT2D eigenvalue weighted by Crippen LogP contribution is 2.23. The van der Waals surface area contributed by atoms with Crippen molar-refractivity contribution in [1.82, 2.24) is 0 Å². The van der Waals surface area contributed by atoms with E-state index < -0.39 is 4.92 Å². The van der Waals surface area contributed by atoms with E-state index in [1.54, 1.807) is 13.0 Å². The molecule has 0 unspecified atom stereocenters. The van der Waals surface area contributed by atoms with Gasteiger partial charge in [0.15, 0.2) is 0 Å². The van der Waals surface area contributed by atoms with Crippen LogP contribution in [0, 0.1) is 10.1 Å². The quantitative estimate of drug-likeness (QED) is 0.629. The van der Waals surface area contributed by atoms with Crippen LogP contribution in [0.5, 0.6) is 0 Å². The Morgan fingerprint density at radius 1 is 1.53 bits per heavy atom. The maximum absolute atomic E-state index is 11.3. The number of hydrogen-bond donors (Lipinski definition) is 1. The number of ether oxygens (including phenoxy) is 1. The van der Waals surface area contributed by atoms with Crippen LogP contribution in [0.1, 0.15) is 18.9 Å². The van der Waals surface area contributed by atoms with Crippen LogP contribution in [0.15, 0.2) is 18.2 Å². The number of hydrogen-bond acceptors (Lipinski definition) is 4. The first-order valence-electron chi connectivity index (χ1n) is 5.14. The minimum atomic E-state index is -0.502. The summed E-state index contributed by atoms with van der Waals surface area (Å²) in [5, 5.41) is 13.3. The molecule has 17 heavy (non-hydrogen) atoms. The van der Waals surface area contributed by atoms with E-state index in [9.17, 15) is 14.9 Å². The zero-order valence-corrected chi connectivity index (χ0v) is 9.73. The number of anilines is 1. The molecule has 0 aromatic heterocycles. The molecule has 1 aromatic carbocycles. The normalized spacial score (nSPS) is 10.0. The summed E-state index contributed by atoms with van der Waals surface area (Å²) in [6.45, 7) is 2.00. The first-order chi connectivity index (χ1) is 8.08. The summed E-state index contributed by atoms with van der Waals surface area (Å²) in [5.74, 6) is -0.192. The summed E-state index contributed by atoms with van der Waals surface area (Å²) in [6.07, 6.45) is 0.315. The number of rotatable bonds is 5. The molecule has 1 rings (SSSR count). The van der Waals surface area contributed by atoms with Crippen LogP contribution < -0.4 is 5.32 Å². The molecule has 0 saturated heterocycles. The molecule has 1 amide bonds. The van der Waals surface area contributed by atoms with Gasteiger partial charge in [-0.2, -0.15) is 0 Å². The molecule has 1 N–H and O–H groups in total. The van der Waals surface area contributed by atoms with Crippen molar-refractivity contribution in [3.63, 3.8) is 0 Å². The maximum atomic E-state index is 11.3. The molecule has 0 aliphatic rings. The van der Waals surface area contributed by atoms with Crippen LogP contribution in [0.3, 0.4) is 0 Å². The van der Waals surface area contributed by atoms with Gasteiger partial charge >= 0.3 is 0 Å². The lowest BCUT2D eigenvalue weighted by atomic mass is 10.1. The monoisotopic (exact) mass is 238 g/mol. The molecule has 0 aliphatic heterocycles. The molecule has 0 heterocycles. The summed E-state index contributed by atoms with van der Waals surface area (Å²) in [6, 6.07) is 4.30. The van der Waals surface area contributed by atoms with Crippen LogP contribution >= 0.6 is 0 Å². The molecule has 6 heteroatoms. The van der Waals surface area contributed by atoms with Crippen molar-refractivity contribution in [1.29, 1.82) is 0 Å². The van der Waals surface area contributed by atoms with E-state index >= 15 is 0 Å². The molecule has 0 atom stereocenters. The van der Waals surface area contributed by atoms with Gasteiger partial charge < -0.3 is 10.1 Å². The van der Waals surface area contributed by atoms with E-state index in [-0.39, 0.29) is 18.2 Å². The fraction of sp³-hybridized carbons (Fsp3) is 0.364. The Morgan fingerprint density at radius 3 is 2.76 bits per heavy atom. The van der Waals surface area contributed by atoms with Gasteiger partial charge in [0.2, 0.25) is 5.91 Å². The second kappa shape index (κ2) is 5.95. The van der Waals surface area contributed by atoms with Crippen molar-refractivity contribution in [2.75, 3.05) is 12.4 Å². The number of methoxy groups -OCH3 is 1. The Balaban J connectivity index is 3.06. The smallest absolute Gasteiger partial charge is 0.271 e. The Labute approximate surface area is 98.7 Å². The lowest BCUT2D eigenvalue weighted by molar-refractivity contribution is -0.384. The van der Waals surface area contributed by atoms with Crippen LogP contribution in [-0.2, 0) is 16.1 Å². The third kappa shape index (κ3) is 3.53. The van der Waals surface area contributed by atoms with Gasteiger partial charge in [-0.25, -0.2) is 0 Å². The predicted octanol–water partition coefficient (Wildman–Crippen LogP) is 2.09. The van der Waals surface area contributed by atoms with Crippen LogP contribution in [-0.4, -0.2) is 17.9 Å². The van der Waals surface area contributed by atoms with Crippen molar-refractivity contribution in [3.8, 4) is 0 Å². The zero-order chi connectivity index (χ0) is 12.8. The van der Waals surface area contributed by atoms with E-state index in [2.05, 4.69) is 5.32 Å². The van der Waals surface area contributed by atoms with Crippen molar-refractivity contribution < 1.29 is 14.5 Å². The number of nitro groups is 1. The minimum absolute atomic E-state index is 0.0590. The SMILES string of the molecule is CCC(=O)Nc1cc([N+](=O)[O-])ccc1COC. The second-order valence-electron chi connectivity index (χ2n) is 3.43. The van der Waals surface area contributed by atoms with E-state index in [0.717, 1.165) is 0 Å². The van der Waals surface area contributed by atoms with E-state index in [0.29, 0.717) is 17.7 Å². The minimum Gasteiger partial charge on any atom is -0.380 e. The first kappa shape index (κ1) is 13.1. The molecule has 0 saturated carbocycles. The van der Waals surface area contributed by atoms with Gasteiger partial charge in [0, 0.05) is 31.2 Å². The number of nitro benzene ring substituents is 1. The van der Waals surface area contributed by atoms with Gasteiger partial charge in [-0.05, 0) is 6.07 Å². The van der Waals surface area contributed by atoms with Crippen molar-refractivity contribution in [2.24, 2.45) is 0 Å². The Bertz CT molecular complexity index is 431. The van der Waals surface area contributed by atoms with Gasteiger partial charge in [-0.15, -0.1) is 0 Å². The molecule has 0 radical (unpaired) electrons. The molecule has 0 fully saturated rings. The Hall–Kier alpha value is -1.95. The number of carbonyl (C=O) groups is 1. The van der Waals surface area contributed by atoms with Gasteiger partial charge in [-0.1, -0.05) is 6.92 Å². The number of nitrogens with zero attached hydrogens (tertiary/aromatic N) is 1. The molecule has 92 valence electrons. The highest BCUT2D eigenvalue weighted by molar-refractivity contribution is 5.91. The van der Waals surface area contributed by atoms with Crippen molar-refractivity contribution in [3.05, 3.63) is 33.9 Å². The van der Waals surface area contributed by atoms with Crippen LogP contribution in [0.4, 0.5) is 11.4 Å². The van der Waals surface area contributed by atoms with Gasteiger partial charge in [0.25, 0.3) is 5.69 Å². The standard InChI is InChI=1S/C11H14N2O4/c1-3-11(14)12-10-6-9(13(15)16)5-4-8(10)7-17-2/h4-6H,3,7H2,1-2H3,(H,12,14). The molecular formula is C11H14N2O4. The lowest BCUT2D eigenvalue weighted by Gasteiger charge is -2.09. The fourth-order valence-corrected chi connectivity index (χ4v) is 1.31. The lowest BCUT2D eigenvalue weighted by Crippen LogP contribution is -2.11. The molecule has 0 bridgehead atoms. The zero-order valence-electron chi connectivity index (χ0n) is 9.73. The average molecular weight is 238 g/mol. The van der Waals surface area contributed by atoms with Gasteiger partial charge in [0.1, 0.15) is 0 Å². The summed E-state index contributed by atoms with van der Waals surface area (Å²) < 4.78 is 4.96. The fourth-order valence-electron chi connectivity index (χ4n) is 1.31. The third-order valence-electron chi connectivity index (χ3n) is 2.20. The molecular weight excluding hydrogens is 224 g/mol. The van der Waals surface area contributed by atoms with Crippen molar-refractivity contribution >= 4 is 17.3 Å². The summed E-state index contributed by atoms with van der Waals surface area (Å²) in [7, 11) is 1.52. The second-order valence-corrected chi connectivity index (χ2v) is 3.43. The summed E-state index contributed by atoms with van der Waals surface area (Å²) in [5.41, 5.74) is 1.07. The average Bonchev–Trinajstić information content (AvgIpc) is 2.31. The predicted molar refractivity (Wildman–Crippen MR) is 62.7 cm³/mol. The summed E-state index contributed by atoms with van der Waals surface area (Å²) in [4.78, 5) is 21.4. The topological polar surface area (TPSA) is 81.5 Å². The number of non-ortho nitro benzene ring substituents is 1. The van der Waals surface area contributed by atoms with Crippen LogP contribution in [0.2, 0.25) is 0 Å². The van der Waals surface area contributed by atoms with Gasteiger partial charge in [-0.3, -0.25) is 14.9 Å². The number of amides is 1. The Morgan fingerprint density at radius 2 is 2.24 bits per heavy atom. The van der Waals surface area contributed by atoms with Gasteiger partial charge in [0.05, 0.1) is 17.2 Å². The molecule has 1 aromatic rings. The van der Waals surface area contributed by atoms with E-state index in [4.69, 9.17) is 4.74 Å². The number of benzene rings is 1. The number of nitrogens with one attached hydrogen (secondary N) is 1. The Kier molecular flexibility index (Phi) is 4.59. The maximum Gasteiger partial charge on any atom is 0.271 e. The largest absolute Gasteiger partial charge is 0.380 e. The van der Waals surface area contributed by atoms with E-state index in [1.165, 1.54) is 19.2 Å².